The van der Waals surface area contributed by atoms with E-state index in [1.165, 1.54) is 17.1 Å². The Balaban J connectivity index is 1.35. The fourth-order valence-electron chi connectivity index (χ4n) is 11.5. The topological polar surface area (TPSA) is 226 Å². The number of carbonyl (C=O) groups excluding carboxylic acids is 8. The van der Waals surface area contributed by atoms with Crippen LogP contribution in [-0.4, -0.2) is 164 Å². The average Bonchev–Trinajstić information content (AvgIpc) is 4.23. The number of likely N-dealkylation sites (N-methyl/N-ethyl adjacent to an activating group) is 2. The predicted molar refractivity (Wildman–Crippen MR) is 322 cm³/mol. The zero-order valence-electron chi connectivity index (χ0n) is 51.9. The first kappa shape index (κ1) is 69.2. The number of unbranched alkanes of at least 4 members (excludes halogenated alkanes) is 3. The molecule has 3 aliphatic rings. The maximum absolute atomic E-state index is 14.5. The van der Waals surface area contributed by atoms with Crippen LogP contribution in [0.15, 0.2) is 83.5 Å². The van der Waals surface area contributed by atoms with Gasteiger partial charge in [-0.3, -0.25) is 48.2 Å². The van der Waals surface area contributed by atoms with E-state index < -0.39 is 48.4 Å². The SMILES string of the molecule is CCC(C)C(C(CC(=O)N1CCCC1C(OC)C(C)C(=O)NCC(C)C(OC(=O)CCCC/C(=N/NC(=O)CCCCCN1C(=O)C=CC1=O)C1=CC=CCC=C1)c1ccccc1)OC)N(C)C(=O)[C@@H](NC(=O)C(C(C)C)N(C)C)C(C)C. The van der Waals surface area contributed by atoms with Gasteiger partial charge in [0.2, 0.25) is 29.5 Å². The smallest absolute Gasteiger partial charge is 0.306 e. The zero-order valence-corrected chi connectivity index (χ0v) is 51.9. The molecule has 3 N–H and O–H groups in total. The molecule has 19 nitrogen and oxygen atoms in total. The van der Waals surface area contributed by atoms with Gasteiger partial charge in [-0.25, -0.2) is 5.43 Å². The van der Waals surface area contributed by atoms with Gasteiger partial charge in [0.15, 0.2) is 0 Å². The van der Waals surface area contributed by atoms with Gasteiger partial charge in [0.05, 0.1) is 48.4 Å². The van der Waals surface area contributed by atoms with E-state index >= 15 is 0 Å². The molecule has 460 valence electrons. The third kappa shape index (κ3) is 20.8. The lowest BCUT2D eigenvalue weighted by atomic mass is 9.89. The van der Waals surface area contributed by atoms with Crippen molar-refractivity contribution in [3.63, 3.8) is 0 Å². The summed E-state index contributed by atoms with van der Waals surface area (Å²) in [5, 5.41) is 10.7. The van der Waals surface area contributed by atoms with Gasteiger partial charge in [-0.15, -0.1) is 0 Å². The largest absolute Gasteiger partial charge is 0.457 e. The summed E-state index contributed by atoms with van der Waals surface area (Å²) in [5.41, 5.74) is 5.03. The second kappa shape index (κ2) is 35.1. The molecule has 0 saturated carbocycles. The molecule has 0 radical (unpaired) electrons. The molecule has 10 atom stereocenters. The fraction of sp³-hybridized carbons (Fsp3) is 0.641. The van der Waals surface area contributed by atoms with E-state index in [0.717, 1.165) is 17.6 Å². The number of hydrogen-bond acceptors (Lipinski definition) is 13. The Morgan fingerprint density at radius 3 is 2.08 bits per heavy atom. The van der Waals surface area contributed by atoms with E-state index in [1.807, 2.05) is 128 Å². The maximum atomic E-state index is 14.5. The van der Waals surface area contributed by atoms with Gasteiger partial charge in [-0.2, -0.15) is 5.10 Å². The molecule has 2 aliphatic heterocycles. The molecule has 7 amide bonds. The standard InChI is InChI=1S/C64H98N8O11/c1-14-44(6)59(70(11)64(80)57(42(2)3)66-63(79)58(43(4)5)69(9)10)51(81-12)40-55(76)71-39-27-33-50(71)61(82-13)46(8)62(78)65-41-45(7)60(48-30-21-17-22-31-48)83-56(77)35-25-24-32-49(47-28-19-15-16-20-29-47)67-68-52(73)34-23-18-26-38-72-53(74)36-37-54(72)75/h15,17,19-22,28-31,36-37,42-46,50-51,57-61H,14,16,18,23-27,32-35,38-41H2,1-13H3,(H,65,78)(H,66,79)(H,68,73)/b67-49-/t44?,45?,46?,50?,51?,57-,58?,59?,60?,61?/m0/s1. The highest BCUT2D eigenvalue weighted by atomic mass is 16.5. The Bertz CT molecular complexity index is 2450. The van der Waals surface area contributed by atoms with Crippen molar-refractivity contribution in [2.45, 2.75) is 181 Å². The Morgan fingerprint density at radius 2 is 1.46 bits per heavy atom. The molecule has 1 fully saturated rings. The molecule has 2 heterocycles. The lowest BCUT2D eigenvalue weighted by molar-refractivity contribution is -0.152. The number of likely N-dealkylation sites (tertiary alicyclic amines) is 1. The van der Waals surface area contributed by atoms with Crippen LogP contribution >= 0.6 is 0 Å². The van der Waals surface area contributed by atoms with Crippen LogP contribution in [0.1, 0.15) is 151 Å². The summed E-state index contributed by atoms with van der Waals surface area (Å²) < 4.78 is 18.4. The van der Waals surface area contributed by atoms with Crippen molar-refractivity contribution in [1.29, 1.82) is 0 Å². The minimum absolute atomic E-state index is 0.0103. The lowest BCUT2D eigenvalue weighted by Crippen LogP contribution is -2.59. The normalized spacial score (nSPS) is 18.7. The van der Waals surface area contributed by atoms with E-state index in [4.69, 9.17) is 14.2 Å². The van der Waals surface area contributed by atoms with Crippen LogP contribution in [0.25, 0.3) is 0 Å². The van der Waals surface area contributed by atoms with Crippen molar-refractivity contribution in [2.24, 2.45) is 34.7 Å². The van der Waals surface area contributed by atoms with Crippen LogP contribution in [0.2, 0.25) is 0 Å². The van der Waals surface area contributed by atoms with Gasteiger partial charge in [0, 0.05) is 71.8 Å². The van der Waals surface area contributed by atoms with Crippen molar-refractivity contribution in [2.75, 3.05) is 55.0 Å². The molecule has 9 unspecified atom stereocenters. The predicted octanol–water partition coefficient (Wildman–Crippen LogP) is 7.63. The number of esters is 1. The van der Waals surface area contributed by atoms with Gasteiger partial charge in [0.1, 0.15) is 12.1 Å². The average molecular weight is 1160 g/mol. The summed E-state index contributed by atoms with van der Waals surface area (Å²) in [6, 6.07) is 7.32. The van der Waals surface area contributed by atoms with Gasteiger partial charge >= 0.3 is 5.97 Å². The van der Waals surface area contributed by atoms with Gasteiger partial charge in [0.25, 0.3) is 11.8 Å². The van der Waals surface area contributed by atoms with Gasteiger partial charge in [-0.05, 0) is 94.4 Å². The van der Waals surface area contributed by atoms with Crippen LogP contribution in [0.4, 0.5) is 0 Å². The molecule has 83 heavy (non-hydrogen) atoms. The van der Waals surface area contributed by atoms with Crippen molar-refractivity contribution in [3.05, 3.63) is 84.0 Å². The third-order valence-corrected chi connectivity index (χ3v) is 16.3. The van der Waals surface area contributed by atoms with E-state index in [0.29, 0.717) is 76.6 Å². The van der Waals surface area contributed by atoms with E-state index in [-0.39, 0.29) is 96.8 Å². The Hall–Kier alpha value is -6.31. The van der Waals surface area contributed by atoms with Crippen molar-refractivity contribution < 1.29 is 52.6 Å². The molecular formula is C64H98N8O11. The quantitative estimate of drug-likeness (QED) is 0.0196. The first-order valence-electron chi connectivity index (χ1n) is 30.1. The lowest BCUT2D eigenvalue weighted by Gasteiger charge is -2.41. The second-order valence-electron chi connectivity index (χ2n) is 23.5. The molecule has 1 aromatic carbocycles. The van der Waals surface area contributed by atoms with Crippen molar-refractivity contribution in [1.82, 2.24) is 35.7 Å². The third-order valence-electron chi connectivity index (χ3n) is 16.3. The molecule has 1 aliphatic carbocycles. The van der Waals surface area contributed by atoms with Crippen LogP contribution in [-0.2, 0) is 52.6 Å². The van der Waals surface area contributed by atoms with Crippen LogP contribution < -0.4 is 16.1 Å². The fourth-order valence-corrected chi connectivity index (χ4v) is 11.5. The van der Waals surface area contributed by atoms with Crippen molar-refractivity contribution in [3.8, 4) is 0 Å². The number of amides is 7. The Morgan fingerprint density at radius 1 is 0.783 bits per heavy atom. The Labute approximate surface area is 494 Å². The number of imide groups is 1. The van der Waals surface area contributed by atoms with E-state index in [2.05, 4.69) is 21.2 Å². The van der Waals surface area contributed by atoms with Gasteiger partial charge < -0.3 is 34.6 Å². The highest BCUT2D eigenvalue weighted by Gasteiger charge is 2.43. The summed E-state index contributed by atoms with van der Waals surface area (Å²) in [6.45, 7) is 16.5. The molecule has 19 heteroatoms. The summed E-state index contributed by atoms with van der Waals surface area (Å²) in [5.74, 6) is -3.41. The van der Waals surface area contributed by atoms with Gasteiger partial charge in [-0.1, -0.05) is 129 Å². The number of carbonyl (C=O) groups is 8. The molecule has 1 saturated heterocycles. The minimum atomic E-state index is -0.796. The molecule has 0 spiro atoms. The number of ether oxygens (including phenoxy) is 3. The number of nitrogens with zero attached hydrogens (tertiary/aromatic N) is 5. The number of benzene rings is 1. The Kier molecular flexibility index (Phi) is 29.3. The number of rotatable bonds is 35. The summed E-state index contributed by atoms with van der Waals surface area (Å²) >= 11 is 0. The second-order valence-corrected chi connectivity index (χ2v) is 23.5. The summed E-state index contributed by atoms with van der Waals surface area (Å²) in [4.78, 5) is 113. The highest BCUT2D eigenvalue weighted by Crippen LogP contribution is 2.31. The van der Waals surface area contributed by atoms with Crippen LogP contribution in [0.5, 0.6) is 0 Å². The van der Waals surface area contributed by atoms with Crippen molar-refractivity contribution >= 4 is 53.0 Å². The maximum Gasteiger partial charge on any atom is 0.306 e. The highest BCUT2D eigenvalue weighted by molar-refractivity contribution is 6.12. The number of hydrogen-bond donors (Lipinski definition) is 3. The molecule has 1 aromatic rings. The number of hydrazone groups is 1. The zero-order chi connectivity index (χ0) is 61.3. The summed E-state index contributed by atoms with van der Waals surface area (Å²) in [6.07, 6.45) is 17.0. The molecular weight excluding hydrogens is 1060 g/mol. The minimum Gasteiger partial charge on any atom is -0.457 e. The van der Waals surface area contributed by atoms with Crippen LogP contribution in [0.3, 0.4) is 0 Å². The molecule has 0 bridgehead atoms. The molecule has 0 aromatic heterocycles. The molecule has 4 rings (SSSR count). The number of allylic oxidation sites excluding steroid dienone is 6. The summed E-state index contributed by atoms with van der Waals surface area (Å²) in [7, 11) is 8.54. The first-order valence-corrected chi connectivity index (χ1v) is 30.1. The number of nitrogens with one attached hydrogen (secondary N) is 3. The first-order chi connectivity index (χ1) is 39.6. The number of methoxy groups -OCH3 is 2. The van der Waals surface area contributed by atoms with E-state index in [1.54, 1.807) is 38.0 Å². The van der Waals surface area contributed by atoms with Crippen LogP contribution in [0, 0.1) is 29.6 Å². The van der Waals surface area contributed by atoms with E-state index in [9.17, 15) is 38.4 Å². The monoisotopic (exact) mass is 1150 g/mol.